The number of likely N-dealkylation sites (N-methyl/N-ethyl adjacent to an activating group) is 1. The van der Waals surface area contributed by atoms with E-state index < -0.39 is 0 Å². The highest BCUT2D eigenvalue weighted by Gasteiger charge is 2.15. The summed E-state index contributed by atoms with van der Waals surface area (Å²) in [5.74, 6) is -0.338. The zero-order valence-electron chi connectivity index (χ0n) is 13.9. The Morgan fingerprint density at radius 3 is 2.77 bits per heavy atom. The molecule has 2 aromatic heterocycles. The molecule has 0 fully saturated rings. The van der Waals surface area contributed by atoms with Gasteiger partial charge < -0.3 is 10.2 Å². The van der Waals surface area contributed by atoms with Crippen molar-refractivity contribution in [3.63, 3.8) is 0 Å². The van der Waals surface area contributed by atoms with Gasteiger partial charge in [0.1, 0.15) is 0 Å². The van der Waals surface area contributed by atoms with E-state index in [9.17, 15) is 9.59 Å². The number of hydrogen-bond donors (Lipinski definition) is 1. The maximum Gasteiger partial charge on any atom is 0.244 e. The number of carbonyl (C=O) groups excluding carboxylic acids is 2. The third kappa shape index (κ3) is 4.33. The lowest BCUT2D eigenvalue weighted by molar-refractivity contribution is -0.131. The Morgan fingerprint density at radius 2 is 1.96 bits per heavy atom. The van der Waals surface area contributed by atoms with Gasteiger partial charge in [0, 0.05) is 13.2 Å². The van der Waals surface area contributed by atoms with E-state index in [1.807, 2.05) is 28.8 Å². The van der Waals surface area contributed by atoms with E-state index in [1.165, 1.54) is 16.7 Å². The number of halogens is 1. The van der Waals surface area contributed by atoms with Crippen molar-refractivity contribution in [2.24, 2.45) is 0 Å². The monoisotopic (exact) mass is 389 g/mol. The molecule has 2 heterocycles. The van der Waals surface area contributed by atoms with Gasteiger partial charge in [0.2, 0.25) is 11.8 Å². The Morgan fingerprint density at radius 1 is 1.19 bits per heavy atom. The van der Waals surface area contributed by atoms with Crippen molar-refractivity contribution in [2.45, 2.75) is 5.16 Å². The van der Waals surface area contributed by atoms with Gasteiger partial charge >= 0.3 is 0 Å². The van der Waals surface area contributed by atoms with Gasteiger partial charge in [-0.05, 0) is 24.3 Å². The summed E-state index contributed by atoms with van der Waals surface area (Å²) < 4.78 is 1.81. The quantitative estimate of drug-likeness (QED) is 0.655. The molecule has 0 saturated carbocycles. The molecule has 1 N–H and O–H groups in total. The highest BCUT2D eigenvalue weighted by atomic mass is 35.5. The van der Waals surface area contributed by atoms with Gasteiger partial charge in [-0.25, -0.2) is 0 Å². The van der Waals surface area contributed by atoms with E-state index in [-0.39, 0.29) is 24.1 Å². The van der Waals surface area contributed by atoms with Crippen LogP contribution in [0.2, 0.25) is 5.02 Å². The average molecular weight is 390 g/mol. The van der Waals surface area contributed by atoms with E-state index in [2.05, 4.69) is 15.5 Å². The molecular weight excluding hydrogens is 374 g/mol. The van der Waals surface area contributed by atoms with Gasteiger partial charge in [0.05, 0.1) is 23.0 Å². The van der Waals surface area contributed by atoms with Crippen LogP contribution in [0.3, 0.4) is 0 Å². The van der Waals surface area contributed by atoms with Crippen molar-refractivity contribution < 1.29 is 9.59 Å². The number of rotatable bonds is 6. The number of amides is 2. The second-order valence-corrected chi connectivity index (χ2v) is 6.83. The van der Waals surface area contributed by atoms with Gasteiger partial charge in [-0.15, -0.1) is 10.2 Å². The Hall–Kier alpha value is -2.58. The number of aromatic nitrogens is 3. The largest absolute Gasteiger partial charge is 0.336 e. The van der Waals surface area contributed by atoms with Gasteiger partial charge in [0.25, 0.3) is 0 Å². The number of carbonyl (C=O) groups is 2. The van der Waals surface area contributed by atoms with Crippen molar-refractivity contribution in [3.05, 3.63) is 53.7 Å². The summed E-state index contributed by atoms with van der Waals surface area (Å²) in [6.07, 6.45) is 1.84. The number of hydrogen-bond acceptors (Lipinski definition) is 5. The van der Waals surface area contributed by atoms with Crippen LogP contribution in [0.15, 0.2) is 53.8 Å². The SMILES string of the molecule is CN(CC(=O)Nc1ccccc1Cl)C(=O)CSc1nnc2ccccn12. The van der Waals surface area contributed by atoms with Crippen molar-refractivity contribution in [1.29, 1.82) is 0 Å². The second kappa shape index (κ2) is 8.20. The van der Waals surface area contributed by atoms with Crippen LogP contribution in [-0.4, -0.2) is 50.7 Å². The molecule has 0 bridgehead atoms. The molecule has 0 aliphatic heterocycles. The summed E-state index contributed by atoms with van der Waals surface area (Å²) in [5.41, 5.74) is 1.24. The zero-order chi connectivity index (χ0) is 18.5. The highest BCUT2D eigenvalue weighted by molar-refractivity contribution is 7.99. The average Bonchev–Trinajstić information content (AvgIpc) is 3.04. The molecule has 7 nitrogen and oxygen atoms in total. The summed E-state index contributed by atoms with van der Waals surface area (Å²) in [5, 5.41) is 11.9. The molecule has 26 heavy (non-hydrogen) atoms. The number of fused-ring (bicyclic) bond motifs is 1. The molecule has 9 heteroatoms. The molecule has 2 amide bonds. The first-order chi connectivity index (χ1) is 12.5. The maximum atomic E-state index is 12.3. The van der Waals surface area contributed by atoms with Gasteiger partial charge in [-0.2, -0.15) is 0 Å². The lowest BCUT2D eigenvalue weighted by Crippen LogP contribution is -2.36. The van der Waals surface area contributed by atoms with Crippen molar-refractivity contribution in [1.82, 2.24) is 19.5 Å². The Balaban J connectivity index is 1.53. The van der Waals surface area contributed by atoms with Crippen LogP contribution in [0.25, 0.3) is 5.65 Å². The van der Waals surface area contributed by atoms with Crippen LogP contribution in [0, 0.1) is 0 Å². The smallest absolute Gasteiger partial charge is 0.244 e. The first-order valence-electron chi connectivity index (χ1n) is 7.75. The third-order valence-electron chi connectivity index (χ3n) is 3.56. The van der Waals surface area contributed by atoms with Gasteiger partial charge in [-0.3, -0.25) is 14.0 Å². The molecule has 0 aliphatic carbocycles. The molecule has 1 aromatic carbocycles. The maximum absolute atomic E-state index is 12.3. The molecule has 0 spiro atoms. The van der Waals surface area contributed by atoms with Crippen LogP contribution in [-0.2, 0) is 9.59 Å². The minimum Gasteiger partial charge on any atom is -0.336 e. The number of benzene rings is 1. The van der Waals surface area contributed by atoms with Crippen LogP contribution in [0.4, 0.5) is 5.69 Å². The molecule has 3 aromatic rings. The molecule has 3 rings (SSSR count). The predicted octanol–water partition coefficient (Wildman–Crippen LogP) is 2.57. The van der Waals surface area contributed by atoms with Crippen molar-refractivity contribution in [3.8, 4) is 0 Å². The van der Waals surface area contributed by atoms with Crippen LogP contribution in [0.5, 0.6) is 0 Å². The number of nitrogens with one attached hydrogen (secondary N) is 1. The summed E-state index contributed by atoms with van der Waals surface area (Å²) in [7, 11) is 1.58. The van der Waals surface area contributed by atoms with E-state index in [4.69, 9.17) is 11.6 Å². The first kappa shape index (κ1) is 18.2. The number of nitrogens with zero attached hydrogens (tertiary/aromatic N) is 4. The number of thioether (sulfide) groups is 1. The fourth-order valence-electron chi connectivity index (χ4n) is 2.21. The minimum atomic E-state index is -0.313. The predicted molar refractivity (Wildman–Crippen MR) is 101 cm³/mol. The zero-order valence-corrected chi connectivity index (χ0v) is 15.5. The van der Waals surface area contributed by atoms with E-state index in [1.54, 1.807) is 31.3 Å². The summed E-state index contributed by atoms with van der Waals surface area (Å²) >= 11 is 7.28. The summed E-state index contributed by atoms with van der Waals surface area (Å²) in [4.78, 5) is 25.7. The molecule has 134 valence electrons. The Bertz CT molecular complexity index is 946. The third-order valence-corrected chi connectivity index (χ3v) is 4.82. The fourth-order valence-corrected chi connectivity index (χ4v) is 3.26. The second-order valence-electron chi connectivity index (χ2n) is 5.48. The lowest BCUT2D eigenvalue weighted by atomic mass is 10.3. The molecule has 0 radical (unpaired) electrons. The van der Waals surface area contributed by atoms with Gasteiger partial charge in [-0.1, -0.05) is 41.6 Å². The normalized spacial score (nSPS) is 10.7. The minimum absolute atomic E-state index is 0.0643. The van der Waals surface area contributed by atoms with Crippen molar-refractivity contribution in [2.75, 3.05) is 24.7 Å². The van der Waals surface area contributed by atoms with Gasteiger partial charge in [0.15, 0.2) is 10.8 Å². The van der Waals surface area contributed by atoms with E-state index >= 15 is 0 Å². The molecular formula is C17H16ClN5O2S. The number of pyridine rings is 1. The topological polar surface area (TPSA) is 79.6 Å². The van der Waals surface area contributed by atoms with Crippen LogP contribution >= 0.6 is 23.4 Å². The molecule has 0 unspecified atom stereocenters. The van der Waals surface area contributed by atoms with E-state index in [0.29, 0.717) is 15.9 Å². The fraction of sp³-hybridized carbons (Fsp3) is 0.176. The van der Waals surface area contributed by atoms with Crippen molar-refractivity contribution >= 4 is 46.5 Å². The number of para-hydroxylation sites is 1. The van der Waals surface area contributed by atoms with Crippen LogP contribution in [0.1, 0.15) is 0 Å². The molecule has 0 aliphatic rings. The molecule has 0 atom stereocenters. The lowest BCUT2D eigenvalue weighted by Gasteiger charge is -2.16. The van der Waals surface area contributed by atoms with E-state index in [0.717, 1.165) is 5.65 Å². The Kier molecular flexibility index (Phi) is 5.75. The first-order valence-corrected chi connectivity index (χ1v) is 9.12. The Labute approximate surface area is 159 Å². The summed E-state index contributed by atoms with van der Waals surface area (Å²) in [6.45, 7) is -0.0643. The summed E-state index contributed by atoms with van der Waals surface area (Å²) in [6, 6.07) is 12.5. The molecule has 0 saturated heterocycles. The standard InChI is InChI=1S/C17H16ClN5O2S/c1-22(10-15(24)19-13-7-3-2-6-12(13)18)16(25)11-26-17-21-20-14-8-4-5-9-23(14)17/h2-9H,10-11H2,1H3,(H,19,24). The highest BCUT2D eigenvalue weighted by Crippen LogP contribution is 2.20. The van der Waals surface area contributed by atoms with Crippen LogP contribution < -0.4 is 5.32 Å². The number of anilines is 1.